The van der Waals surface area contributed by atoms with Crippen molar-refractivity contribution in [3.05, 3.63) is 152 Å². The summed E-state index contributed by atoms with van der Waals surface area (Å²) in [6.45, 7) is 8.07. The van der Waals surface area contributed by atoms with Gasteiger partial charge in [0, 0.05) is 24.3 Å². The number of fused-ring (bicyclic) bond motifs is 3. The van der Waals surface area contributed by atoms with Gasteiger partial charge in [-0.3, -0.25) is 0 Å². The zero-order chi connectivity index (χ0) is 29.2. The molecule has 212 valence electrons. The third-order valence-corrected chi connectivity index (χ3v) is 7.11. The van der Waals surface area contributed by atoms with Gasteiger partial charge in [0.1, 0.15) is 5.82 Å². The van der Waals surface area contributed by atoms with Gasteiger partial charge in [-0.25, -0.2) is 9.37 Å². The van der Waals surface area contributed by atoms with Crippen LogP contribution in [0, 0.1) is 39.7 Å². The number of halogens is 1. The zero-order valence-electron chi connectivity index (χ0n) is 23.8. The van der Waals surface area contributed by atoms with E-state index in [0.29, 0.717) is 11.3 Å². The second-order valence-electron chi connectivity index (χ2n) is 10.2. The molecule has 3 aromatic carbocycles. The molecule has 0 spiro atoms. The number of aryl methyl sites for hydroxylation is 2. The molecule has 0 aliphatic carbocycles. The van der Waals surface area contributed by atoms with Crippen LogP contribution in [-0.4, -0.2) is 9.97 Å². The van der Waals surface area contributed by atoms with Gasteiger partial charge in [-0.05, 0) is 54.1 Å². The number of furan rings is 1. The maximum absolute atomic E-state index is 13.2. The van der Waals surface area contributed by atoms with Crippen molar-refractivity contribution >= 4 is 22.1 Å². The van der Waals surface area contributed by atoms with E-state index in [1.807, 2.05) is 72.3 Å². The molecule has 0 fully saturated rings. The summed E-state index contributed by atoms with van der Waals surface area (Å²) in [4.78, 5) is 8.99. The number of pyridine rings is 3. The smallest absolute Gasteiger partial charge is 0.486 e. The van der Waals surface area contributed by atoms with Gasteiger partial charge in [0.05, 0.1) is 17.5 Å². The van der Waals surface area contributed by atoms with Gasteiger partial charge in [-0.2, -0.15) is 18.6 Å². The molecule has 7 aromatic rings. The van der Waals surface area contributed by atoms with Crippen LogP contribution < -0.4 is 4.57 Å². The molecule has 0 saturated heterocycles. The zero-order valence-corrected chi connectivity index (χ0v) is 26.2. The Morgan fingerprint density at radius 1 is 0.860 bits per heavy atom. The summed E-state index contributed by atoms with van der Waals surface area (Å²) < 4.78 is 21.1. The molecule has 0 saturated carbocycles. The first-order chi connectivity index (χ1) is 20.4. The van der Waals surface area contributed by atoms with Crippen molar-refractivity contribution in [1.82, 2.24) is 9.97 Å². The van der Waals surface area contributed by atoms with Gasteiger partial charge >= 0.3 is 20.1 Å². The average Bonchev–Trinajstić information content (AvgIpc) is 3.36. The Kier molecular flexibility index (Phi) is 8.72. The van der Waals surface area contributed by atoms with Crippen LogP contribution in [0.5, 0.6) is 0 Å². The molecule has 0 atom stereocenters. The molecule has 7 rings (SSSR count). The SMILES string of the molecule is Cc1ccc2c(n1)oc1c(-c3cc(-c4ccc(F)cc4)ccn3)[c-]ccc12.[CH2-]c1cc(C)ccc1-c1cccc[n+]1[CH2-].[Ir+3]. The van der Waals surface area contributed by atoms with Crippen molar-refractivity contribution in [3.63, 3.8) is 0 Å². The van der Waals surface area contributed by atoms with E-state index in [0.717, 1.165) is 55.7 Å². The Morgan fingerprint density at radius 2 is 1.67 bits per heavy atom. The Hall–Kier alpha value is -4.77. The molecule has 0 amide bonds. The van der Waals surface area contributed by atoms with E-state index >= 15 is 0 Å². The standard InChI is InChI=1S/C23H14FN2O.C14H14N.Ir/c1-14-5-10-19-18-3-2-4-20(22(18)27-23(19)26-14)21-13-16(11-12-25-21)15-6-8-17(24)9-7-15;1-11-7-8-13(12(2)10-11)14-6-4-5-9-15(14)3;/h2-3,5-13H,1H3;4-10H,2-3H2,1H3;/q2*-1;+3. The van der Waals surface area contributed by atoms with Gasteiger partial charge in [0.2, 0.25) is 5.71 Å². The summed E-state index contributed by atoms with van der Waals surface area (Å²) >= 11 is 0. The minimum Gasteiger partial charge on any atom is -0.486 e. The van der Waals surface area contributed by atoms with Gasteiger partial charge in [0.15, 0.2) is 0 Å². The fraction of sp³-hybridized carbons (Fsp3) is 0.0541. The molecule has 0 N–H and O–H groups in total. The second kappa shape index (κ2) is 12.6. The molecule has 0 bridgehead atoms. The van der Waals surface area contributed by atoms with Crippen LogP contribution in [0.15, 0.2) is 114 Å². The largest absolute Gasteiger partial charge is 3.00 e. The van der Waals surface area contributed by atoms with Crippen LogP contribution in [0.2, 0.25) is 0 Å². The summed E-state index contributed by atoms with van der Waals surface area (Å²) in [7, 11) is 3.95. The van der Waals surface area contributed by atoms with Crippen molar-refractivity contribution < 1.29 is 33.5 Å². The first-order valence-electron chi connectivity index (χ1n) is 13.5. The van der Waals surface area contributed by atoms with Crippen molar-refractivity contribution in [2.75, 3.05) is 0 Å². The van der Waals surface area contributed by atoms with Crippen molar-refractivity contribution in [2.24, 2.45) is 0 Å². The third kappa shape index (κ3) is 6.21. The van der Waals surface area contributed by atoms with Crippen LogP contribution >= 0.6 is 0 Å². The Morgan fingerprint density at radius 3 is 2.44 bits per heavy atom. The molecule has 4 heterocycles. The first kappa shape index (κ1) is 29.7. The number of nitrogens with zero attached hydrogens (tertiary/aromatic N) is 3. The van der Waals surface area contributed by atoms with E-state index in [9.17, 15) is 4.39 Å². The molecule has 0 radical (unpaired) electrons. The molecule has 4 aromatic heterocycles. The summed E-state index contributed by atoms with van der Waals surface area (Å²) in [6, 6.07) is 33.7. The summed E-state index contributed by atoms with van der Waals surface area (Å²) in [5.41, 5.74) is 10.1. The molecular formula is C37H28FIrN3O+. The fourth-order valence-corrected chi connectivity index (χ4v) is 4.99. The second-order valence-corrected chi connectivity index (χ2v) is 10.2. The number of rotatable bonds is 3. The van der Waals surface area contributed by atoms with Crippen LogP contribution in [0.4, 0.5) is 4.39 Å². The molecule has 0 unspecified atom stereocenters. The van der Waals surface area contributed by atoms with E-state index in [2.05, 4.69) is 55.1 Å². The quantitative estimate of drug-likeness (QED) is 0.135. The molecular weight excluding hydrogens is 714 g/mol. The van der Waals surface area contributed by atoms with Crippen molar-refractivity contribution in [3.8, 4) is 33.6 Å². The summed E-state index contributed by atoms with van der Waals surface area (Å²) in [5.74, 6) is -0.254. The minimum atomic E-state index is -0.254. The van der Waals surface area contributed by atoms with Gasteiger partial charge in [-0.15, -0.1) is 35.4 Å². The predicted molar refractivity (Wildman–Crippen MR) is 166 cm³/mol. The first-order valence-corrected chi connectivity index (χ1v) is 13.5. The summed E-state index contributed by atoms with van der Waals surface area (Å²) in [6.07, 6.45) is 3.68. The summed E-state index contributed by atoms with van der Waals surface area (Å²) in [5, 5.41) is 1.96. The van der Waals surface area contributed by atoms with E-state index < -0.39 is 0 Å². The van der Waals surface area contributed by atoms with Crippen LogP contribution in [0.1, 0.15) is 16.8 Å². The van der Waals surface area contributed by atoms with E-state index in [4.69, 9.17) is 4.42 Å². The Labute approximate surface area is 264 Å². The number of benzene rings is 3. The van der Waals surface area contributed by atoms with Gasteiger partial charge < -0.3 is 14.0 Å². The van der Waals surface area contributed by atoms with Crippen molar-refractivity contribution in [2.45, 2.75) is 13.8 Å². The normalized spacial score (nSPS) is 10.7. The Balaban J connectivity index is 0.000000197. The fourth-order valence-electron chi connectivity index (χ4n) is 4.99. The van der Waals surface area contributed by atoms with E-state index in [1.165, 1.54) is 17.7 Å². The predicted octanol–water partition coefficient (Wildman–Crippen LogP) is 8.73. The minimum absolute atomic E-state index is 0. The topological polar surface area (TPSA) is 42.8 Å². The Bertz CT molecular complexity index is 2050. The van der Waals surface area contributed by atoms with E-state index in [1.54, 1.807) is 18.3 Å². The van der Waals surface area contributed by atoms with Gasteiger partial charge in [0.25, 0.3) is 0 Å². The molecule has 6 heteroatoms. The number of aromatic nitrogens is 3. The van der Waals surface area contributed by atoms with Crippen LogP contribution in [0.25, 0.3) is 55.7 Å². The molecule has 43 heavy (non-hydrogen) atoms. The van der Waals surface area contributed by atoms with Crippen molar-refractivity contribution in [1.29, 1.82) is 0 Å². The maximum Gasteiger partial charge on any atom is 3.00 e. The molecule has 0 aliphatic rings. The maximum atomic E-state index is 13.2. The average molecular weight is 742 g/mol. The molecule has 0 aliphatic heterocycles. The molecule has 4 nitrogen and oxygen atoms in total. The van der Waals surface area contributed by atoms with Crippen LogP contribution in [0.3, 0.4) is 0 Å². The number of hydrogen-bond acceptors (Lipinski definition) is 3. The van der Waals surface area contributed by atoms with Crippen LogP contribution in [-0.2, 0) is 20.1 Å². The number of hydrogen-bond donors (Lipinski definition) is 0. The van der Waals surface area contributed by atoms with Gasteiger partial charge in [-0.1, -0.05) is 60.3 Å². The van der Waals surface area contributed by atoms with E-state index in [-0.39, 0.29) is 25.9 Å². The third-order valence-electron chi connectivity index (χ3n) is 7.11. The monoisotopic (exact) mass is 742 g/mol.